The van der Waals surface area contributed by atoms with Crippen LogP contribution in [0.5, 0.6) is 6.01 Å². The summed E-state index contributed by atoms with van der Waals surface area (Å²) in [5.41, 5.74) is 6.64. The fourth-order valence-electron chi connectivity index (χ4n) is 1.54. The first-order chi connectivity index (χ1) is 9.52. The smallest absolute Gasteiger partial charge is 0.323 e. The Hall–Kier alpha value is -2.08. The van der Waals surface area contributed by atoms with Crippen molar-refractivity contribution in [1.82, 2.24) is 15.0 Å². The fourth-order valence-corrected chi connectivity index (χ4v) is 1.76. The summed E-state index contributed by atoms with van der Waals surface area (Å²) < 4.78 is 5.40. The van der Waals surface area contributed by atoms with Crippen LogP contribution in [0.15, 0.2) is 24.3 Å². The Balaban J connectivity index is 2.07. The first kappa shape index (κ1) is 14.3. The molecule has 3 N–H and O–H groups in total. The molecule has 106 valence electrons. The van der Waals surface area contributed by atoms with E-state index in [1.807, 2.05) is 38.1 Å². The SMILES string of the molecule is CC(C)Oc1nc(N)nc(NCc2cccc(Cl)c2)n1. The van der Waals surface area contributed by atoms with Gasteiger partial charge < -0.3 is 15.8 Å². The first-order valence-corrected chi connectivity index (χ1v) is 6.57. The van der Waals surface area contributed by atoms with Gasteiger partial charge in [-0.1, -0.05) is 23.7 Å². The summed E-state index contributed by atoms with van der Waals surface area (Å²) in [4.78, 5) is 12.1. The molecule has 0 saturated heterocycles. The molecule has 1 heterocycles. The lowest BCUT2D eigenvalue weighted by molar-refractivity contribution is 0.222. The van der Waals surface area contributed by atoms with Crippen LogP contribution < -0.4 is 15.8 Å². The lowest BCUT2D eigenvalue weighted by Gasteiger charge is -2.10. The van der Waals surface area contributed by atoms with E-state index in [2.05, 4.69) is 20.3 Å². The number of ether oxygens (including phenoxy) is 1. The molecule has 0 saturated carbocycles. The number of nitrogens with one attached hydrogen (secondary N) is 1. The standard InChI is InChI=1S/C13H16ClN5O/c1-8(2)20-13-18-11(15)17-12(19-13)16-7-9-4-3-5-10(14)6-9/h3-6,8H,7H2,1-2H3,(H3,15,16,17,18,19). The molecule has 0 aliphatic heterocycles. The molecule has 0 fully saturated rings. The van der Waals surface area contributed by atoms with Crippen molar-refractivity contribution in [2.75, 3.05) is 11.1 Å². The summed E-state index contributed by atoms with van der Waals surface area (Å²) in [6, 6.07) is 7.73. The second-order valence-electron chi connectivity index (χ2n) is 4.45. The maximum Gasteiger partial charge on any atom is 0.323 e. The van der Waals surface area contributed by atoms with Crippen LogP contribution in [0.4, 0.5) is 11.9 Å². The topological polar surface area (TPSA) is 86.0 Å². The summed E-state index contributed by atoms with van der Waals surface area (Å²) in [6.07, 6.45) is -0.0300. The number of anilines is 2. The highest BCUT2D eigenvalue weighted by Gasteiger charge is 2.07. The van der Waals surface area contributed by atoms with Gasteiger partial charge in [-0.15, -0.1) is 0 Å². The molecular weight excluding hydrogens is 278 g/mol. The molecule has 1 aromatic heterocycles. The van der Waals surface area contributed by atoms with Crippen LogP contribution in [0.3, 0.4) is 0 Å². The molecule has 0 aliphatic rings. The Morgan fingerprint density at radius 3 is 2.80 bits per heavy atom. The number of benzene rings is 1. The van der Waals surface area contributed by atoms with Gasteiger partial charge in [0.2, 0.25) is 11.9 Å². The van der Waals surface area contributed by atoms with Crippen molar-refractivity contribution in [3.63, 3.8) is 0 Å². The molecule has 0 amide bonds. The van der Waals surface area contributed by atoms with Gasteiger partial charge in [0.1, 0.15) is 0 Å². The maximum absolute atomic E-state index is 5.93. The minimum absolute atomic E-state index is 0.0300. The number of aromatic nitrogens is 3. The van der Waals surface area contributed by atoms with Crippen molar-refractivity contribution in [2.24, 2.45) is 0 Å². The molecule has 1 aromatic carbocycles. The quantitative estimate of drug-likeness (QED) is 0.881. The van der Waals surface area contributed by atoms with Crippen molar-refractivity contribution < 1.29 is 4.74 Å². The average Bonchev–Trinajstić information content (AvgIpc) is 2.35. The van der Waals surface area contributed by atoms with E-state index in [4.69, 9.17) is 22.1 Å². The highest BCUT2D eigenvalue weighted by Crippen LogP contribution is 2.14. The van der Waals surface area contributed by atoms with Gasteiger partial charge in [-0.05, 0) is 31.5 Å². The van der Waals surface area contributed by atoms with E-state index in [1.165, 1.54) is 0 Å². The van der Waals surface area contributed by atoms with Gasteiger partial charge >= 0.3 is 6.01 Å². The largest absolute Gasteiger partial charge is 0.461 e. The van der Waals surface area contributed by atoms with Crippen LogP contribution in [0.2, 0.25) is 5.02 Å². The van der Waals surface area contributed by atoms with Crippen LogP contribution in [0, 0.1) is 0 Å². The lowest BCUT2D eigenvalue weighted by atomic mass is 10.2. The number of hydrogen-bond donors (Lipinski definition) is 2. The van der Waals surface area contributed by atoms with Crippen molar-refractivity contribution in [1.29, 1.82) is 0 Å². The molecule has 7 heteroatoms. The summed E-state index contributed by atoms with van der Waals surface area (Å²) in [7, 11) is 0. The Bertz CT molecular complexity index is 591. The van der Waals surface area contributed by atoms with Gasteiger partial charge in [0.25, 0.3) is 0 Å². The maximum atomic E-state index is 5.93. The first-order valence-electron chi connectivity index (χ1n) is 6.19. The second-order valence-corrected chi connectivity index (χ2v) is 4.89. The molecule has 0 bridgehead atoms. The van der Waals surface area contributed by atoms with Gasteiger partial charge in [-0.25, -0.2) is 0 Å². The fraction of sp³-hybridized carbons (Fsp3) is 0.308. The minimum atomic E-state index is -0.0300. The summed E-state index contributed by atoms with van der Waals surface area (Å²) in [6.45, 7) is 4.31. The molecule has 0 unspecified atom stereocenters. The Labute approximate surface area is 122 Å². The van der Waals surface area contributed by atoms with Crippen LogP contribution in [0.1, 0.15) is 19.4 Å². The predicted molar refractivity (Wildman–Crippen MR) is 78.8 cm³/mol. The Kier molecular flexibility index (Phi) is 4.57. The molecular formula is C13H16ClN5O. The van der Waals surface area contributed by atoms with E-state index >= 15 is 0 Å². The molecule has 2 aromatic rings. The van der Waals surface area contributed by atoms with Gasteiger partial charge in [-0.2, -0.15) is 15.0 Å². The Morgan fingerprint density at radius 1 is 1.30 bits per heavy atom. The normalized spacial score (nSPS) is 10.6. The second kappa shape index (κ2) is 6.38. The molecule has 20 heavy (non-hydrogen) atoms. The van der Waals surface area contributed by atoms with E-state index < -0.39 is 0 Å². The number of hydrogen-bond acceptors (Lipinski definition) is 6. The van der Waals surface area contributed by atoms with Gasteiger partial charge in [0.15, 0.2) is 0 Å². The third-order valence-electron chi connectivity index (χ3n) is 2.31. The van der Waals surface area contributed by atoms with Crippen molar-refractivity contribution in [2.45, 2.75) is 26.5 Å². The highest BCUT2D eigenvalue weighted by atomic mass is 35.5. The number of nitrogen functional groups attached to an aromatic ring is 1. The molecule has 2 rings (SSSR count). The molecule has 0 atom stereocenters. The van der Waals surface area contributed by atoms with E-state index in [0.717, 1.165) is 5.56 Å². The van der Waals surface area contributed by atoms with Gasteiger partial charge in [0, 0.05) is 11.6 Å². The zero-order chi connectivity index (χ0) is 14.5. The van der Waals surface area contributed by atoms with Crippen molar-refractivity contribution in [3.8, 4) is 6.01 Å². The zero-order valence-electron chi connectivity index (χ0n) is 11.3. The summed E-state index contributed by atoms with van der Waals surface area (Å²) >= 11 is 5.93. The molecule has 6 nitrogen and oxygen atoms in total. The van der Waals surface area contributed by atoms with Gasteiger partial charge in [-0.3, -0.25) is 0 Å². The van der Waals surface area contributed by atoms with Crippen LogP contribution >= 0.6 is 11.6 Å². The molecule has 0 spiro atoms. The number of nitrogens with zero attached hydrogens (tertiary/aromatic N) is 3. The number of rotatable bonds is 5. The predicted octanol–water partition coefficient (Wildman–Crippen LogP) is 2.51. The number of nitrogens with two attached hydrogens (primary N) is 1. The zero-order valence-corrected chi connectivity index (χ0v) is 12.1. The van der Waals surface area contributed by atoms with E-state index in [9.17, 15) is 0 Å². The van der Waals surface area contributed by atoms with Crippen molar-refractivity contribution >= 4 is 23.5 Å². The van der Waals surface area contributed by atoms with E-state index in [-0.39, 0.29) is 18.1 Å². The van der Waals surface area contributed by atoms with Crippen molar-refractivity contribution in [3.05, 3.63) is 34.9 Å². The van der Waals surface area contributed by atoms with Gasteiger partial charge in [0.05, 0.1) is 6.10 Å². The van der Waals surface area contributed by atoms with Crippen LogP contribution in [-0.4, -0.2) is 21.1 Å². The summed E-state index contributed by atoms with van der Waals surface area (Å²) in [5, 5.41) is 3.75. The number of halogens is 1. The third-order valence-corrected chi connectivity index (χ3v) is 2.55. The van der Waals surface area contributed by atoms with E-state index in [0.29, 0.717) is 17.5 Å². The monoisotopic (exact) mass is 293 g/mol. The summed E-state index contributed by atoms with van der Waals surface area (Å²) in [5.74, 6) is 0.484. The third kappa shape index (κ3) is 4.24. The average molecular weight is 294 g/mol. The lowest BCUT2D eigenvalue weighted by Crippen LogP contribution is -2.12. The molecule has 0 radical (unpaired) electrons. The minimum Gasteiger partial charge on any atom is -0.461 e. The van der Waals surface area contributed by atoms with E-state index in [1.54, 1.807) is 0 Å². The highest BCUT2D eigenvalue weighted by molar-refractivity contribution is 6.30. The Morgan fingerprint density at radius 2 is 2.10 bits per heavy atom. The molecule has 0 aliphatic carbocycles. The van der Waals surface area contributed by atoms with Crippen LogP contribution in [-0.2, 0) is 6.54 Å². The van der Waals surface area contributed by atoms with Crippen LogP contribution in [0.25, 0.3) is 0 Å².